The Hall–Kier alpha value is -1.46. The van der Waals surface area contributed by atoms with Crippen molar-refractivity contribution in [3.8, 4) is 0 Å². The molecule has 1 aromatic carbocycles. The molecule has 0 saturated heterocycles. The van der Waals surface area contributed by atoms with Gasteiger partial charge >= 0.3 is 0 Å². The van der Waals surface area contributed by atoms with Crippen molar-refractivity contribution in [3.63, 3.8) is 0 Å². The van der Waals surface area contributed by atoms with Gasteiger partial charge in [-0.1, -0.05) is 12.1 Å². The van der Waals surface area contributed by atoms with Crippen molar-refractivity contribution < 1.29 is 12.6 Å². The third-order valence-corrected chi connectivity index (χ3v) is 3.46. The Morgan fingerprint density at radius 3 is 2.80 bits per heavy atom. The molecule has 0 spiro atoms. The number of fused-ring (bicyclic) bond motifs is 1. The molecular weight excluding hydrogens is 214 g/mol. The molecule has 0 radical (unpaired) electrons. The lowest BCUT2D eigenvalue weighted by Gasteiger charge is -2.04. The summed E-state index contributed by atoms with van der Waals surface area (Å²) in [6, 6.07) is 6.63. The molecule has 0 atom stereocenters. The zero-order valence-corrected chi connectivity index (χ0v) is 8.86. The molecule has 0 unspecified atom stereocenters. The zero-order valence-electron chi connectivity index (χ0n) is 8.04. The summed E-state index contributed by atoms with van der Waals surface area (Å²) in [4.78, 5) is 4.10. The lowest BCUT2D eigenvalue weighted by molar-refractivity contribution is 0.398. The van der Waals surface area contributed by atoms with Gasteiger partial charge in [-0.15, -0.1) is 0 Å². The van der Waals surface area contributed by atoms with E-state index in [-0.39, 0.29) is 4.90 Å². The van der Waals surface area contributed by atoms with E-state index < -0.39 is 10.1 Å². The topological polar surface area (TPSA) is 56.3 Å². The molecule has 0 aliphatic carbocycles. The van der Waals surface area contributed by atoms with Crippen molar-refractivity contribution >= 4 is 20.9 Å². The Kier molecular flexibility index (Phi) is 2.42. The molecule has 0 aliphatic heterocycles. The minimum absolute atomic E-state index is 0.171. The SMILES string of the molecule is COS(=O)(=O)c1cccc2cnccc12. The zero-order chi connectivity index (χ0) is 10.9. The van der Waals surface area contributed by atoms with Crippen LogP contribution in [-0.2, 0) is 14.3 Å². The van der Waals surface area contributed by atoms with Gasteiger partial charge in [-0.3, -0.25) is 9.17 Å². The van der Waals surface area contributed by atoms with E-state index >= 15 is 0 Å². The Morgan fingerprint density at radius 1 is 1.27 bits per heavy atom. The molecule has 0 fully saturated rings. The highest BCUT2D eigenvalue weighted by molar-refractivity contribution is 7.87. The van der Waals surface area contributed by atoms with E-state index in [0.29, 0.717) is 5.39 Å². The maximum absolute atomic E-state index is 11.6. The van der Waals surface area contributed by atoms with Gasteiger partial charge in [-0.25, -0.2) is 0 Å². The molecule has 1 aromatic heterocycles. The summed E-state index contributed by atoms with van der Waals surface area (Å²) in [6.45, 7) is 0. The monoisotopic (exact) mass is 223 g/mol. The van der Waals surface area contributed by atoms with Crippen molar-refractivity contribution in [1.82, 2.24) is 4.98 Å². The standard InChI is InChI=1S/C10H9NO3S/c1-14-15(12,13)10-4-2-3-8-7-11-6-5-9(8)10/h2-7H,1H3. The third-order valence-electron chi connectivity index (χ3n) is 2.13. The molecule has 0 amide bonds. The quantitative estimate of drug-likeness (QED) is 0.725. The lowest BCUT2D eigenvalue weighted by atomic mass is 10.2. The molecule has 0 N–H and O–H groups in total. The first-order valence-electron chi connectivity index (χ1n) is 4.28. The number of hydrogen-bond donors (Lipinski definition) is 0. The van der Waals surface area contributed by atoms with Crippen LogP contribution in [0.5, 0.6) is 0 Å². The number of nitrogens with zero attached hydrogens (tertiary/aromatic N) is 1. The van der Waals surface area contributed by atoms with E-state index in [0.717, 1.165) is 12.5 Å². The largest absolute Gasteiger partial charge is 0.297 e. The van der Waals surface area contributed by atoms with Crippen LogP contribution in [0.4, 0.5) is 0 Å². The second kappa shape index (κ2) is 3.60. The van der Waals surface area contributed by atoms with Crippen LogP contribution in [-0.4, -0.2) is 20.5 Å². The molecule has 15 heavy (non-hydrogen) atoms. The maximum atomic E-state index is 11.6. The van der Waals surface area contributed by atoms with Gasteiger partial charge in [0.25, 0.3) is 10.1 Å². The van der Waals surface area contributed by atoms with E-state index in [1.807, 2.05) is 0 Å². The normalized spacial score (nSPS) is 11.8. The number of pyridine rings is 1. The Balaban J connectivity index is 2.83. The van der Waals surface area contributed by atoms with Gasteiger partial charge < -0.3 is 0 Å². The van der Waals surface area contributed by atoms with Crippen molar-refractivity contribution in [2.75, 3.05) is 7.11 Å². The van der Waals surface area contributed by atoms with Gasteiger partial charge in [-0.2, -0.15) is 8.42 Å². The van der Waals surface area contributed by atoms with Crippen LogP contribution in [0.1, 0.15) is 0 Å². The minimum Gasteiger partial charge on any atom is -0.270 e. The first-order chi connectivity index (χ1) is 7.15. The summed E-state index contributed by atoms with van der Waals surface area (Å²) >= 11 is 0. The second-order valence-corrected chi connectivity index (χ2v) is 4.66. The van der Waals surface area contributed by atoms with Crippen molar-refractivity contribution in [1.29, 1.82) is 0 Å². The van der Waals surface area contributed by atoms with Crippen LogP contribution in [0, 0.1) is 0 Å². The molecule has 5 heteroatoms. The molecule has 2 rings (SSSR count). The highest BCUT2D eigenvalue weighted by Crippen LogP contribution is 2.22. The highest BCUT2D eigenvalue weighted by atomic mass is 32.2. The maximum Gasteiger partial charge on any atom is 0.297 e. The summed E-state index contributed by atoms with van der Waals surface area (Å²) in [7, 11) is -2.50. The lowest BCUT2D eigenvalue weighted by Crippen LogP contribution is -2.03. The average molecular weight is 223 g/mol. The summed E-state index contributed by atoms with van der Waals surface area (Å²) in [5, 5.41) is 1.39. The molecule has 0 bridgehead atoms. The fraction of sp³-hybridized carbons (Fsp3) is 0.100. The molecule has 2 aromatic rings. The predicted molar refractivity (Wildman–Crippen MR) is 55.9 cm³/mol. The van der Waals surface area contributed by atoms with E-state index in [2.05, 4.69) is 9.17 Å². The summed E-state index contributed by atoms with van der Waals surface area (Å²) in [5.74, 6) is 0. The number of hydrogen-bond acceptors (Lipinski definition) is 4. The molecule has 0 aliphatic rings. The van der Waals surface area contributed by atoms with Gasteiger partial charge in [0.05, 0.1) is 7.11 Å². The van der Waals surface area contributed by atoms with Crippen LogP contribution in [0.2, 0.25) is 0 Å². The number of benzene rings is 1. The smallest absolute Gasteiger partial charge is 0.270 e. The van der Waals surface area contributed by atoms with E-state index in [1.54, 1.807) is 30.6 Å². The molecular formula is C10H9NO3S. The van der Waals surface area contributed by atoms with Crippen LogP contribution in [0.3, 0.4) is 0 Å². The van der Waals surface area contributed by atoms with Gasteiger partial charge in [0.1, 0.15) is 4.90 Å². The van der Waals surface area contributed by atoms with Crippen molar-refractivity contribution in [2.24, 2.45) is 0 Å². The second-order valence-electron chi connectivity index (χ2n) is 2.97. The Labute approximate surface area is 87.6 Å². The fourth-order valence-corrected chi connectivity index (χ4v) is 2.28. The minimum atomic E-state index is -3.65. The number of rotatable bonds is 2. The Bertz CT molecular complexity index is 587. The first-order valence-corrected chi connectivity index (χ1v) is 5.69. The Morgan fingerprint density at radius 2 is 2.07 bits per heavy atom. The van der Waals surface area contributed by atoms with Crippen molar-refractivity contribution in [3.05, 3.63) is 36.7 Å². The van der Waals surface area contributed by atoms with Gasteiger partial charge in [0, 0.05) is 23.2 Å². The highest BCUT2D eigenvalue weighted by Gasteiger charge is 2.15. The van der Waals surface area contributed by atoms with Gasteiger partial charge in [0.2, 0.25) is 0 Å². The van der Waals surface area contributed by atoms with Crippen LogP contribution in [0.25, 0.3) is 10.8 Å². The molecule has 1 heterocycles. The van der Waals surface area contributed by atoms with Gasteiger partial charge in [0.15, 0.2) is 0 Å². The molecule has 78 valence electrons. The molecule has 0 saturated carbocycles. The van der Waals surface area contributed by atoms with Crippen molar-refractivity contribution in [2.45, 2.75) is 4.90 Å². The first kappa shape index (κ1) is 10.1. The summed E-state index contributed by atoms with van der Waals surface area (Å²) in [6.07, 6.45) is 3.17. The van der Waals surface area contributed by atoms with E-state index in [1.165, 1.54) is 6.07 Å². The fourth-order valence-electron chi connectivity index (χ4n) is 1.40. The van der Waals surface area contributed by atoms with E-state index in [4.69, 9.17) is 0 Å². The number of aromatic nitrogens is 1. The van der Waals surface area contributed by atoms with Crippen LogP contribution >= 0.6 is 0 Å². The third kappa shape index (κ3) is 1.71. The molecule has 4 nitrogen and oxygen atoms in total. The summed E-state index contributed by atoms with van der Waals surface area (Å²) < 4.78 is 27.6. The van der Waals surface area contributed by atoms with Gasteiger partial charge in [-0.05, 0) is 12.1 Å². The van der Waals surface area contributed by atoms with Crippen LogP contribution in [0.15, 0.2) is 41.6 Å². The summed E-state index contributed by atoms with van der Waals surface area (Å²) in [5.41, 5.74) is 0. The predicted octanol–water partition coefficient (Wildman–Crippen LogP) is 1.57. The average Bonchev–Trinajstić information content (AvgIpc) is 2.28. The van der Waals surface area contributed by atoms with Crippen LogP contribution < -0.4 is 0 Å². The van der Waals surface area contributed by atoms with E-state index in [9.17, 15) is 8.42 Å².